The number of urea groups is 1. The molecule has 2 rings (SSSR count). The van der Waals surface area contributed by atoms with Crippen LogP contribution < -0.4 is 16.6 Å². The van der Waals surface area contributed by atoms with Gasteiger partial charge in [-0.25, -0.2) is 10.6 Å². The average Bonchev–Trinajstić information content (AvgIpc) is 3.08. The molecule has 2 aliphatic rings. The van der Waals surface area contributed by atoms with Crippen LogP contribution in [0.25, 0.3) is 0 Å². The van der Waals surface area contributed by atoms with E-state index in [1.54, 1.807) is 0 Å². The molecule has 0 aromatic rings. The first-order valence-corrected chi connectivity index (χ1v) is 9.38. The van der Waals surface area contributed by atoms with E-state index >= 15 is 0 Å². The molecular formula is C15H27N5O3S. The Balaban J connectivity index is 1.62. The van der Waals surface area contributed by atoms with E-state index in [9.17, 15) is 14.4 Å². The molecule has 2 aliphatic heterocycles. The number of amides is 4. The second-order valence-electron chi connectivity index (χ2n) is 6.35. The lowest BCUT2D eigenvalue weighted by atomic mass is 10.0. The predicted molar refractivity (Wildman–Crippen MR) is 93.2 cm³/mol. The molecule has 4 amide bonds. The third-order valence-electron chi connectivity index (χ3n) is 4.78. The van der Waals surface area contributed by atoms with Gasteiger partial charge in [0.05, 0.1) is 12.1 Å². The van der Waals surface area contributed by atoms with Gasteiger partial charge >= 0.3 is 6.03 Å². The Hall–Kier alpha value is -1.48. The molecule has 2 saturated heterocycles. The van der Waals surface area contributed by atoms with E-state index in [0.29, 0.717) is 24.3 Å². The predicted octanol–water partition coefficient (Wildman–Crippen LogP) is -0.107. The number of thioether (sulfide) groups is 1. The van der Waals surface area contributed by atoms with E-state index in [4.69, 9.17) is 5.84 Å². The highest BCUT2D eigenvalue weighted by molar-refractivity contribution is 8.00. The Morgan fingerprint density at radius 3 is 2.67 bits per heavy atom. The molecule has 0 radical (unpaired) electrons. The fraction of sp³-hybridized carbons (Fsp3) is 0.800. The number of carbonyl (C=O) groups is 3. The number of nitrogens with two attached hydrogens (primary N) is 1. The van der Waals surface area contributed by atoms with Gasteiger partial charge < -0.3 is 15.1 Å². The molecule has 8 nitrogen and oxygen atoms in total. The first-order chi connectivity index (χ1) is 11.5. The molecule has 0 bridgehead atoms. The van der Waals surface area contributed by atoms with Crippen LogP contribution >= 0.6 is 11.8 Å². The van der Waals surface area contributed by atoms with Gasteiger partial charge in [0.15, 0.2) is 0 Å². The summed E-state index contributed by atoms with van der Waals surface area (Å²) in [4.78, 5) is 38.4. The van der Waals surface area contributed by atoms with E-state index in [-0.39, 0.29) is 30.3 Å². The lowest BCUT2D eigenvalue weighted by Gasteiger charge is -2.23. The SMILES string of the molecule is CN1C(=O)N(C)[C@H]2CS[C@@H](CCCCC(=O)NCCC(=O)NN)[C@H]21. The van der Waals surface area contributed by atoms with Crippen LogP contribution in [0.15, 0.2) is 0 Å². The maximum Gasteiger partial charge on any atom is 0.320 e. The van der Waals surface area contributed by atoms with Crippen LogP contribution in [0.3, 0.4) is 0 Å². The van der Waals surface area contributed by atoms with Gasteiger partial charge in [0.2, 0.25) is 11.8 Å². The molecule has 0 aliphatic carbocycles. The third kappa shape index (κ3) is 4.32. The zero-order chi connectivity index (χ0) is 17.7. The standard InChI is InChI=1S/C15H27N5O3S/c1-19-10-9-24-11(14(10)20(2)15(19)23)5-3-4-6-12(21)17-8-7-13(22)18-16/h10-11,14H,3-9,16H2,1-2H3,(H,17,21)(H,18,22)/t10-,11-,14-/m0/s1. The van der Waals surface area contributed by atoms with Gasteiger partial charge in [0.1, 0.15) is 0 Å². The van der Waals surface area contributed by atoms with Crippen molar-refractivity contribution >= 4 is 29.6 Å². The molecule has 4 N–H and O–H groups in total. The van der Waals surface area contributed by atoms with Gasteiger partial charge in [0.25, 0.3) is 0 Å². The van der Waals surface area contributed by atoms with Gasteiger partial charge in [-0.1, -0.05) is 6.42 Å². The number of hydrazine groups is 1. The fourth-order valence-corrected chi connectivity index (χ4v) is 5.15. The van der Waals surface area contributed by atoms with Gasteiger partial charge in [-0.3, -0.25) is 15.0 Å². The number of hydrogen-bond donors (Lipinski definition) is 3. The highest BCUT2D eigenvalue weighted by Crippen LogP contribution is 2.40. The summed E-state index contributed by atoms with van der Waals surface area (Å²) in [7, 11) is 3.76. The molecular weight excluding hydrogens is 330 g/mol. The van der Waals surface area contributed by atoms with Crippen molar-refractivity contribution in [1.82, 2.24) is 20.5 Å². The van der Waals surface area contributed by atoms with E-state index in [0.717, 1.165) is 25.0 Å². The summed E-state index contributed by atoms with van der Waals surface area (Å²) < 4.78 is 0. The van der Waals surface area contributed by atoms with Crippen molar-refractivity contribution < 1.29 is 14.4 Å². The number of fused-ring (bicyclic) bond motifs is 1. The first-order valence-electron chi connectivity index (χ1n) is 8.33. The number of rotatable bonds is 8. The Morgan fingerprint density at radius 1 is 1.21 bits per heavy atom. The van der Waals surface area contributed by atoms with Crippen molar-refractivity contribution in [2.24, 2.45) is 5.84 Å². The molecule has 0 unspecified atom stereocenters. The molecule has 9 heteroatoms. The Kier molecular flexibility index (Phi) is 6.73. The van der Waals surface area contributed by atoms with Gasteiger partial charge in [0, 0.05) is 44.5 Å². The van der Waals surface area contributed by atoms with Crippen LogP contribution in [0.5, 0.6) is 0 Å². The monoisotopic (exact) mass is 357 g/mol. The van der Waals surface area contributed by atoms with Crippen molar-refractivity contribution in [2.45, 2.75) is 49.4 Å². The number of unbranched alkanes of at least 4 members (excludes halogenated alkanes) is 1. The van der Waals surface area contributed by atoms with E-state index in [1.165, 1.54) is 0 Å². The van der Waals surface area contributed by atoms with Crippen LogP contribution in [-0.2, 0) is 9.59 Å². The lowest BCUT2D eigenvalue weighted by molar-refractivity contribution is -0.122. The number of nitrogens with zero attached hydrogens (tertiary/aromatic N) is 2. The summed E-state index contributed by atoms with van der Waals surface area (Å²) in [6.07, 6.45) is 3.45. The largest absolute Gasteiger partial charge is 0.356 e. The van der Waals surface area contributed by atoms with Crippen LogP contribution in [-0.4, -0.2) is 71.4 Å². The Bertz CT molecular complexity index is 490. The second kappa shape index (κ2) is 8.57. The number of nitrogens with one attached hydrogen (secondary N) is 2. The van der Waals surface area contributed by atoms with E-state index in [1.807, 2.05) is 41.1 Å². The highest BCUT2D eigenvalue weighted by Gasteiger charge is 2.49. The van der Waals surface area contributed by atoms with Crippen molar-refractivity contribution in [1.29, 1.82) is 0 Å². The Labute approximate surface area is 146 Å². The maximum atomic E-state index is 12.0. The molecule has 2 heterocycles. The molecule has 0 aromatic carbocycles. The number of carbonyl (C=O) groups excluding carboxylic acids is 3. The zero-order valence-corrected chi connectivity index (χ0v) is 15.1. The molecule has 2 fully saturated rings. The maximum absolute atomic E-state index is 12.0. The van der Waals surface area contributed by atoms with Crippen LogP contribution in [0.4, 0.5) is 4.79 Å². The minimum atomic E-state index is -0.289. The van der Waals surface area contributed by atoms with Crippen molar-refractivity contribution in [3.8, 4) is 0 Å². The summed E-state index contributed by atoms with van der Waals surface area (Å²) in [5.74, 6) is 5.63. The normalized spacial score (nSPS) is 25.8. The van der Waals surface area contributed by atoms with Crippen LogP contribution in [0.1, 0.15) is 32.1 Å². The minimum absolute atomic E-state index is 0.0373. The van der Waals surface area contributed by atoms with Crippen molar-refractivity contribution in [3.05, 3.63) is 0 Å². The summed E-state index contributed by atoms with van der Waals surface area (Å²) in [5.41, 5.74) is 2.03. The molecule has 0 saturated carbocycles. The summed E-state index contributed by atoms with van der Waals surface area (Å²) in [5, 5.41) is 3.16. The highest BCUT2D eigenvalue weighted by atomic mass is 32.2. The van der Waals surface area contributed by atoms with Gasteiger partial charge in [-0.05, 0) is 12.8 Å². The van der Waals surface area contributed by atoms with Crippen molar-refractivity contribution in [2.75, 3.05) is 26.4 Å². The average molecular weight is 357 g/mol. The Morgan fingerprint density at radius 2 is 1.96 bits per heavy atom. The first kappa shape index (κ1) is 18.9. The molecule has 3 atom stereocenters. The molecule has 0 aromatic heterocycles. The quantitative estimate of drug-likeness (QED) is 0.185. The second-order valence-corrected chi connectivity index (χ2v) is 7.62. The van der Waals surface area contributed by atoms with Crippen molar-refractivity contribution in [3.63, 3.8) is 0 Å². The molecule has 24 heavy (non-hydrogen) atoms. The number of hydrogen-bond acceptors (Lipinski definition) is 5. The van der Waals surface area contributed by atoms with Gasteiger partial charge in [-0.15, -0.1) is 0 Å². The molecule has 0 spiro atoms. The van der Waals surface area contributed by atoms with Crippen LogP contribution in [0, 0.1) is 0 Å². The minimum Gasteiger partial charge on any atom is -0.356 e. The summed E-state index contributed by atoms with van der Waals surface area (Å²) in [6, 6.07) is 0.710. The van der Waals surface area contributed by atoms with Gasteiger partial charge in [-0.2, -0.15) is 11.8 Å². The molecule has 136 valence electrons. The van der Waals surface area contributed by atoms with E-state index in [2.05, 4.69) is 5.32 Å². The topological polar surface area (TPSA) is 108 Å². The fourth-order valence-electron chi connectivity index (χ4n) is 3.39. The smallest absolute Gasteiger partial charge is 0.320 e. The summed E-state index contributed by atoms with van der Waals surface area (Å²) >= 11 is 1.93. The lowest BCUT2D eigenvalue weighted by Crippen LogP contribution is -2.38. The van der Waals surface area contributed by atoms with E-state index < -0.39 is 0 Å². The third-order valence-corrected chi connectivity index (χ3v) is 6.26. The van der Waals surface area contributed by atoms with Crippen LogP contribution in [0.2, 0.25) is 0 Å². The zero-order valence-electron chi connectivity index (χ0n) is 14.3. The summed E-state index contributed by atoms with van der Waals surface area (Å²) in [6.45, 7) is 0.309. The number of likely N-dealkylation sites (N-methyl/N-ethyl adjacent to an activating group) is 2.